The summed E-state index contributed by atoms with van der Waals surface area (Å²) in [4.78, 5) is 12.0. The fourth-order valence-corrected chi connectivity index (χ4v) is 1.91. The maximum absolute atomic E-state index is 12.0. The summed E-state index contributed by atoms with van der Waals surface area (Å²) in [6.07, 6.45) is 0. The zero-order chi connectivity index (χ0) is 13.1. The molecule has 2 aromatic carbocycles. The molecule has 0 aliphatic heterocycles. The van der Waals surface area contributed by atoms with Gasteiger partial charge in [0.05, 0.1) is 5.25 Å². The Morgan fingerprint density at radius 1 is 1.11 bits per heavy atom. The van der Waals surface area contributed by atoms with E-state index in [0.29, 0.717) is 0 Å². The Labute approximate surface area is 113 Å². The van der Waals surface area contributed by atoms with Crippen LogP contribution in [0.1, 0.15) is 13.8 Å². The molecule has 3 heteroatoms. The lowest BCUT2D eigenvalue weighted by Gasteiger charge is -2.15. The van der Waals surface area contributed by atoms with Gasteiger partial charge in [0.15, 0.2) is 0 Å². The number of benzene rings is 2. The Bertz CT molecular complexity index is 560. The second-order valence-electron chi connectivity index (χ2n) is 4.70. The largest absolute Gasteiger partial charge is 0.325 e. The van der Waals surface area contributed by atoms with Gasteiger partial charge < -0.3 is 5.32 Å². The molecule has 0 spiro atoms. The van der Waals surface area contributed by atoms with Gasteiger partial charge in [-0.1, -0.05) is 50.2 Å². The van der Waals surface area contributed by atoms with Crippen LogP contribution in [0, 0.1) is 5.92 Å². The van der Waals surface area contributed by atoms with Gasteiger partial charge in [-0.15, -0.1) is 0 Å². The first-order chi connectivity index (χ1) is 8.59. The predicted molar refractivity (Wildman–Crippen MR) is 80.2 cm³/mol. The summed E-state index contributed by atoms with van der Waals surface area (Å²) in [5.74, 6) is 0.160. The van der Waals surface area contributed by atoms with E-state index < -0.39 is 0 Å². The lowest BCUT2D eigenvalue weighted by Crippen LogP contribution is -2.27. The quantitative estimate of drug-likeness (QED) is 0.808. The van der Waals surface area contributed by atoms with Crippen LogP contribution in [0.4, 0.5) is 5.69 Å². The predicted octanol–water partition coefficient (Wildman–Crippen LogP) is 3.73. The molecule has 0 aromatic heterocycles. The minimum atomic E-state index is -0.288. The molecular weight excluding hydrogens is 242 g/mol. The standard InChI is InChI=1S/C15H17NOS/c1-10(2)14(18)15(17)16-13-9-5-7-11-6-3-4-8-12(11)13/h3-10,14,18H,1-2H3,(H,16,17). The summed E-state index contributed by atoms with van der Waals surface area (Å²) in [7, 11) is 0. The van der Waals surface area contributed by atoms with Crippen LogP contribution < -0.4 is 5.32 Å². The molecule has 1 N–H and O–H groups in total. The number of fused-ring (bicyclic) bond motifs is 1. The molecule has 2 rings (SSSR count). The highest BCUT2D eigenvalue weighted by Crippen LogP contribution is 2.23. The number of amides is 1. The van der Waals surface area contributed by atoms with Crippen LogP contribution in [0.25, 0.3) is 10.8 Å². The third-order valence-corrected chi connectivity index (χ3v) is 3.78. The van der Waals surface area contributed by atoms with Crippen LogP contribution in [-0.2, 0) is 4.79 Å². The summed E-state index contributed by atoms with van der Waals surface area (Å²) < 4.78 is 0. The number of carbonyl (C=O) groups is 1. The molecule has 0 radical (unpaired) electrons. The van der Waals surface area contributed by atoms with Crippen molar-refractivity contribution in [2.45, 2.75) is 19.1 Å². The Morgan fingerprint density at radius 3 is 2.50 bits per heavy atom. The molecular formula is C15H17NOS. The minimum absolute atomic E-state index is 0.0512. The molecule has 0 aliphatic rings. The lowest BCUT2D eigenvalue weighted by atomic mass is 10.1. The van der Waals surface area contributed by atoms with Gasteiger partial charge in [0.2, 0.25) is 5.91 Å². The minimum Gasteiger partial charge on any atom is -0.325 e. The number of rotatable bonds is 3. The van der Waals surface area contributed by atoms with Gasteiger partial charge in [-0.05, 0) is 17.4 Å². The average molecular weight is 259 g/mol. The summed E-state index contributed by atoms with van der Waals surface area (Å²) >= 11 is 4.33. The van der Waals surface area contributed by atoms with Crippen LogP contribution >= 0.6 is 12.6 Å². The van der Waals surface area contributed by atoms with Gasteiger partial charge >= 0.3 is 0 Å². The van der Waals surface area contributed by atoms with Gasteiger partial charge in [0.25, 0.3) is 0 Å². The van der Waals surface area contributed by atoms with Crippen LogP contribution in [0.15, 0.2) is 42.5 Å². The van der Waals surface area contributed by atoms with Crippen LogP contribution in [0.2, 0.25) is 0 Å². The van der Waals surface area contributed by atoms with E-state index >= 15 is 0 Å². The molecule has 1 amide bonds. The zero-order valence-electron chi connectivity index (χ0n) is 10.6. The first-order valence-electron chi connectivity index (χ1n) is 6.06. The number of thiol groups is 1. The van der Waals surface area contributed by atoms with Gasteiger partial charge in [0.1, 0.15) is 0 Å². The van der Waals surface area contributed by atoms with Crippen molar-refractivity contribution < 1.29 is 4.79 Å². The Morgan fingerprint density at radius 2 is 1.78 bits per heavy atom. The normalized spacial score (nSPS) is 12.7. The van der Waals surface area contributed by atoms with Crippen molar-refractivity contribution in [3.63, 3.8) is 0 Å². The Kier molecular flexibility index (Phi) is 3.92. The molecule has 18 heavy (non-hydrogen) atoms. The van der Waals surface area contributed by atoms with E-state index in [-0.39, 0.29) is 17.1 Å². The molecule has 0 fully saturated rings. The van der Waals surface area contributed by atoms with Gasteiger partial charge in [-0.2, -0.15) is 12.6 Å². The third kappa shape index (κ3) is 2.67. The molecule has 2 nitrogen and oxygen atoms in total. The summed E-state index contributed by atoms with van der Waals surface area (Å²) in [5, 5.41) is 4.84. The summed E-state index contributed by atoms with van der Waals surface area (Å²) in [6, 6.07) is 13.9. The number of hydrogen-bond acceptors (Lipinski definition) is 2. The molecule has 1 atom stereocenters. The third-order valence-electron chi connectivity index (χ3n) is 2.95. The fraction of sp³-hybridized carbons (Fsp3) is 0.267. The average Bonchev–Trinajstić information content (AvgIpc) is 2.38. The second kappa shape index (κ2) is 5.44. The fourth-order valence-electron chi connectivity index (χ4n) is 1.84. The number of hydrogen-bond donors (Lipinski definition) is 2. The molecule has 94 valence electrons. The van der Waals surface area contributed by atoms with E-state index in [1.165, 1.54) is 0 Å². The Balaban J connectivity index is 2.30. The molecule has 0 bridgehead atoms. The van der Waals surface area contributed by atoms with E-state index in [2.05, 4.69) is 17.9 Å². The molecule has 1 unspecified atom stereocenters. The maximum atomic E-state index is 12.0. The van der Waals surface area contributed by atoms with E-state index in [0.717, 1.165) is 16.5 Å². The van der Waals surface area contributed by atoms with E-state index in [1.807, 2.05) is 56.3 Å². The number of carbonyl (C=O) groups excluding carboxylic acids is 1. The van der Waals surface area contributed by atoms with Crippen molar-refractivity contribution in [3.8, 4) is 0 Å². The Hall–Kier alpha value is -1.48. The van der Waals surface area contributed by atoms with Crippen molar-refractivity contribution >= 4 is 35.0 Å². The second-order valence-corrected chi connectivity index (χ2v) is 5.26. The highest BCUT2D eigenvalue weighted by atomic mass is 32.1. The van der Waals surface area contributed by atoms with Crippen molar-refractivity contribution in [1.82, 2.24) is 0 Å². The highest BCUT2D eigenvalue weighted by molar-refractivity contribution is 7.81. The molecule has 0 saturated carbocycles. The van der Waals surface area contributed by atoms with E-state index in [1.54, 1.807) is 0 Å². The maximum Gasteiger partial charge on any atom is 0.237 e. The van der Waals surface area contributed by atoms with Crippen LogP contribution in [0.5, 0.6) is 0 Å². The number of anilines is 1. The summed E-state index contributed by atoms with van der Waals surface area (Å²) in [5.41, 5.74) is 0.845. The lowest BCUT2D eigenvalue weighted by molar-refractivity contribution is -0.116. The first-order valence-corrected chi connectivity index (χ1v) is 6.58. The molecule has 2 aromatic rings. The monoisotopic (exact) mass is 259 g/mol. The SMILES string of the molecule is CC(C)C(S)C(=O)Nc1cccc2ccccc12. The van der Waals surface area contributed by atoms with Crippen molar-refractivity contribution in [2.75, 3.05) is 5.32 Å². The van der Waals surface area contributed by atoms with E-state index in [9.17, 15) is 4.79 Å². The molecule has 0 aliphatic carbocycles. The zero-order valence-corrected chi connectivity index (χ0v) is 11.4. The smallest absolute Gasteiger partial charge is 0.237 e. The van der Waals surface area contributed by atoms with Crippen molar-refractivity contribution in [3.05, 3.63) is 42.5 Å². The highest BCUT2D eigenvalue weighted by Gasteiger charge is 2.18. The van der Waals surface area contributed by atoms with Crippen molar-refractivity contribution in [2.24, 2.45) is 5.92 Å². The topological polar surface area (TPSA) is 29.1 Å². The van der Waals surface area contributed by atoms with Crippen LogP contribution in [-0.4, -0.2) is 11.2 Å². The van der Waals surface area contributed by atoms with Gasteiger partial charge in [0, 0.05) is 11.1 Å². The van der Waals surface area contributed by atoms with E-state index in [4.69, 9.17) is 0 Å². The van der Waals surface area contributed by atoms with Gasteiger partial charge in [-0.25, -0.2) is 0 Å². The first kappa shape index (κ1) is 13.0. The summed E-state index contributed by atoms with van der Waals surface area (Å²) in [6.45, 7) is 3.97. The molecule has 0 heterocycles. The van der Waals surface area contributed by atoms with Gasteiger partial charge in [-0.3, -0.25) is 4.79 Å². The number of nitrogens with one attached hydrogen (secondary N) is 1. The van der Waals surface area contributed by atoms with Crippen LogP contribution in [0.3, 0.4) is 0 Å². The van der Waals surface area contributed by atoms with Crippen molar-refractivity contribution in [1.29, 1.82) is 0 Å². The molecule has 0 saturated heterocycles.